The van der Waals surface area contributed by atoms with Gasteiger partial charge in [-0.25, -0.2) is 13.4 Å². The third-order valence-electron chi connectivity index (χ3n) is 3.12. The van der Waals surface area contributed by atoms with E-state index in [0.29, 0.717) is 5.69 Å². The minimum atomic E-state index is -3.74. The van der Waals surface area contributed by atoms with E-state index in [0.717, 1.165) is 0 Å². The van der Waals surface area contributed by atoms with E-state index in [1.54, 1.807) is 24.3 Å². The summed E-state index contributed by atoms with van der Waals surface area (Å²) in [5, 5.41) is 7.76. The molecule has 0 unspecified atom stereocenters. The van der Waals surface area contributed by atoms with E-state index in [-0.39, 0.29) is 22.0 Å². The van der Waals surface area contributed by atoms with Gasteiger partial charge < -0.3 is 4.98 Å². The van der Waals surface area contributed by atoms with Crippen molar-refractivity contribution in [1.29, 1.82) is 0 Å². The summed E-state index contributed by atoms with van der Waals surface area (Å²) in [6, 6.07) is 13.9. The Bertz CT molecular complexity index is 1040. The molecule has 3 aromatic rings. The SMILES string of the molecule is O=c1[nH]cccc1N=Nc1ccc(S(=O)(=O)Nc2ccccn2)cc1. The smallest absolute Gasteiger partial charge is 0.275 e. The number of benzene rings is 1. The van der Waals surface area contributed by atoms with E-state index < -0.39 is 10.0 Å². The zero-order valence-electron chi connectivity index (χ0n) is 12.8. The van der Waals surface area contributed by atoms with Crippen LogP contribution in [-0.2, 0) is 10.0 Å². The lowest BCUT2D eigenvalue weighted by Crippen LogP contribution is -2.13. The predicted molar refractivity (Wildman–Crippen MR) is 92.7 cm³/mol. The number of nitrogens with one attached hydrogen (secondary N) is 2. The highest BCUT2D eigenvalue weighted by Gasteiger charge is 2.14. The average molecular weight is 355 g/mol. The molecule has 126 valence electrons. The van der Waals surface area contributed by atoms with Gasteiger partial charge >= 0.3 is 0 Å². The van der Waals surface area contributed by atoms with E-state index in [1.807, 2.05) is 0 Å². The first kappa shape index (κ1) is 16.5. The fourth-order valence-electron chi connectivity index (χ4n) is 1.91. The molecule has 1 aromatic carbocycles. The van der Waals surface area contributed by atoms with Crippen LogP contribution >= 0.6 is 0 Å². The summed E-state index contributed by atoms with van der Waals surface area (Å²) >= 11 is 0. The molecule has 0 aliphatic heterocycles. The Hall–Kier alpha value is -3.33. The van der Waals surface area contributed by atoms with Gasteiger partial charge in [-0.3, -0.25) is 9.52 Å². The predicted octanol–water partition coefficient (Wildman–Crippen LogP) is 2.99. The van der Waals surface area contributed by atoms with E-state index >= 15 is 0 Å². The first-order chi connectivity index (χ1) is 12.0. The lowest BCUT2D eigenvalue weighted by atomic mass is 10.3. The Balaban J connectivity index is 1.78. The summed E-state index contributed by atoms with van der Waals surface area (Å²) in [7, 11) is -3.74. The van der Waals surface area contributed by atoms with Crippen LogP contribution in [0.3, 0.4) is 0 Å². The highest BCUT2D eigenvalue weighted by molar-refractivity contribution is 7.92. The van der Waals surface area contributed by atoms with Gasteiger partial charge in [-0.15, -0.1) is 5.11 Å². The Kier molecular flexibility index (Phi) is 4.66. The quantitative estimate of drug-likeness (QED) is 0.684. The van der Waals surface area contributed by atoms with Gasteiger partial charge in [-0.05, 0) is 48.5 Å². The van der Waals surface area contributed by atoms with Gasteiger partial charge in [-0.2, -0.15) is 5.11 Å². The number of nitrogens with zero attached hydrogens (tertiary/aromatic N) is 3. The largest absolute Gasteiger partial charge is 0.327 e. The molecule has 8 nitrogen and oxygen atoms in total. The molecule has 2 heterocycles. The molecule has 0 saturated heterocycles. The second kappa shape index (κ2) is 7.05. The minimum Gasteiger partial charge on any atom is -0.327 e. The van der Waals surface area contributed by atoms with Crippen LogP contribution in [0.25, 0.3) is 0 Å². The molecular weight excluding hydrogens is 342 g/mol. The third kappa shape index (κ3) is 4.15. The fourth-order valence-corrected chi connectivity index (χ4v) is 2.92. The Labute approximate surface area is 143 Å². The van der Waals surface area contributed by atoms with Crippen molar-refractivity contribution in [3.63, 3.8) is 0 Å². The summed E-state index contributed by atoms with van der Waals surface area (Å²) in [6.07, 6.45) is 2.99. The lowest BCUT2D eigenvalue weighted by Gasteiger charge is -2.06. The number of sulfonamides is 1. The number of azo groups is 1. The summed E-state index contributed by atoms with van der Waals surface area (Å²) in [4.78, 5) is 18.0. The molecule has 0 bridgehead atoms. The lowest BCUT2D eigenvalue weighted by molar-refractivity contribution is 0.601. The molecule has 0 amide bonds. The second-order valence-electron chi connectivity index (χ2n) is 4.90. The third-order valence-corrected chi connectivity index (χ3v) is 4.49. The standard InChI is InChI=1S/C16H13N5O3S/c22-16-14(4-3-11-18-16)20-19-12-6-8-13(9-7-12)25(23,24)21-15-5-1-2-10-17-15/h1-11H,(H,17,21)(H,18,22). The van der Waals surface area contributed by atoms with Crippen LogP contribution < -0.4 is 10.3 Å². The topological polar surface area (TPSA) is 117 Å². The van der Waals surface area contributed by atoms with Crippen molar-refractivity contribution >= 4 is 27.2 Å². The Morgan fingerprint density at radius 1 is 0.960 bits per heavy atom. The molecule has 0 fully saturated rings. The van der Waals surface area contributed by atoms with Crippen LogP contribution in [-0.4, -0.2) is 18.4 Å². The molecule has 0 spiro atoms. The van der Waals surface area contributed by atoms with Gasteiger partial charge in [0.25, 0.3) is 15.6 Å². The number of H-pyrrole nitrogens is 1. The zero-order chi connectivity index (χ0) is 17.7. The molecule has 0 aliphatic rings. The Morgan fingerprint density at radius 3 is 2.44 bits per heavy atom. The molecule has 2 aromatic heterocycles. The number of hydrogen-bond acceptors (Lipinski definition) is 6. The van der Waals surface area contributed by atoms with Gasteiger partial charge in [0.1, 0.15) is 5.82 Å². The summed E-state index contributed by atoms with van der Waals surface area (Å²) in [5.41, 5.74) is 0.223. The Morgan fingerprint density at radius 2 is 1.76 bits per heavy atom. The van der Waals surface area contributed by atoms with Gasteiger partial charge in [0.05, 0.1) is 10.6 Å². The summed E-state index contributed by atoms with van der Waals surface area (Å²) in [5.74, 6) is 0.231. The molecule has 9 heteroatoms. The van der Waals surface area contributed by atoms with E-state index in [9.17, 15) is 13.2 Å². The zero-order valence-corrected chi connectivity index (χ0v) is 13.6. The van der Waals surface area contributed by atoms with Crippen molar-refractivity contribution in [2.24, 2.45) is 10.2 Å². The number of hydrogen-bond donors (Lipinski definition) is 2. The summed E-state index contributed by atoms with van der Waals surface area (Å²) in [6.45, 7) is 0. The van der Waals surface area contributed by atoms with Crippen molar-refractivity contribution in [2.45, 2.75) is 4.90 Å². The van der Waals surface area contributed by atoms with Gasteiger partial charge in [0, 0.05) is 12.4 Å². The van der Waals surface area contributed by atoms with Crippen LogP contribution in [0.4, 0.5) is 17.2 Å². The first-order valence-electron chi connectivity index (χ1n) is 7.18. The van der Waals surface area contributed by atoms with Crippen LogP contribution in [0.15, 0.2) is 86.9 Å². The maximum atomic E-state index is 12.3. The van der Waals surface area contributed by atoms with E-state index in [4.69, 9.17) is 0 Å². The fraction of sp³-hybridized carbons (Fsp3) is 0. The number of aromatic nitrogens is 2. The summed E-state index contributed by atoms with van der Waals surface area (Å²) < 4.78 is 27.0. The van der Waals surface area contributed by atoms with E-state index in [2.05, 4.69) is 24.9 Å². The highest BCUT2D eigenvalue weighted by Crippen LogP contribution is 2.20. The molecular formula is C16H13N5O3S. The van der Waals surface area contributed by atoms with Crippen molar-refractivity contribution in [3.8, 4) is 0 Å². The monoisotopic (exact) mass is 355 g/mol. The number of pyridine rings is 2. The van der Waals surface area contributed by atoms with Crippen LogP contribution in [0, 0.1) is 0 Å². The first-order valence-corrected chi connectivity index (χ1v) is 8.66. The van der Waals surface area contributed by atoms with Crippen LogP contribution in [0.1, 0.15) is 0 Å². The van der Waals surface area contributed by atoms with Crippen molar-refractivity contribution in [1.82, 2.24) is 9.97 Å². The maximum absolute atomic E-state index is 12.3. The van der Waals surface area contributed by atoms with Crippen LogP contribution in [0.2, 0.25) is 0 Å². The minimum absolute atomic E-state index is 0.0645. The molecule has 0 saturated carbocycles. The van der Waals surface area contributed by atoms with Crippen molar-refractivity contribution in [3.05, 3.63) is 77.3 Å². The normalized spacial score (nSPS) is 11.5. The van der Waals surface area contributed by atoms with Crippen molar-refractivity contribution in [2.75, 3.05) is 4.72 Å². The molecule has 3 rings (SSSR count). The number of aromatic amines is 1. The molecule has 0 radical (unpaired) electrons. The molecule has 25 heavy (non-hydrogen) atoms. The second-order valence-corrected chi connectivity index (χ2v) is 6.58. The van der Waals surface area contributed by atoms with E-state index in [1.165, 1.54) is 42.7 Å². The van der Waals surface area contributed by atoms with Gasteiger partial charge in [0.2, 0.25) is 0 Å². The highest BCUT2D eigenvalue weighted by atomic mass is 32.2. The maximum Gasteiger partial charge on any atom is 0.275 e. The molecule has 0 aliphatic carbocycles. The average Bonchev–Trinajstić information content (AvgIpc) is 2.62. The van der Waals surface area contributed by atoms with Crippen molar-refractivity contribution < 1.29 is 8.42 Å². The molecule has 0 atom stereocenters. The van der Waals surface area contributed by atoms with Gasteiger partial charge in [0.15, 0.2) is 5.69 Å². The number of rotatable bonds is 5. The number of anilines is 1. The van der Waals surface area contributed by atoms with Gasteiger partial charge in [-0.1, -0.05) is 6.07 Å². The van der Waals surface area contributed by atoms with Crippen LogP contribution in [0.5, 0.6) is 0 Å². The molecule has 2 N–H and O–H groups in total.